The highest BCUT2D eigenvalue weighted by Gasteiger charge is 2.32. The van der Waals surface area contributed by atoms with E-state index in [0.717, 1.165) is 45.7 Å². The van der Waals surface area contributed by atoms with Crippen molar-refractivity contribution in [1.82, 2.24) is 24.2 Å². The average Bonchev–Trinajstić information content (AvgIpc) is 3.40. The number of morpholine rings is 1. The number of H-pyrrole nitrogens is 1. The van der Waals surface area contributed by atoms with Crippen molar-refractivity contribution >= 4 is 38.5 Å². The van der Waals surface area contributed by atoms with E-state index in [1.807, 2.05) is 0 Å². The van der Waals surface area contributed by atoms with Crippen molar-refractivity contribution < 1.29 is 17.9 Å². The second-order valence-corrected chi connectivity index (χ2v) is 12.8. The number of methoxy groups -OCH3 is 1. The van der Waals surface area contributed by atoms with Crippen LogP contribution in [0.5, 0.6) is 5.75 Å². The molecule has 218 valence electrons. The van der Waals surface area contributed by atoms with Crippen LogP contribution in [0.1, 0.15) is 37.7 Å². The number of aromatic nitrogens is 3. The molecule has 2 aliphatic heterocycles. The highest BCUT2D eigenvalue weighted by molar-refractivity contribution is 7.89. The lowest BCUT2D eigenvalue weighted by molar-refractivity contribution is 0.00610. The SMILES string of the molecule is COc1cc(S(=O)(=O)N2CCC(N3CCOCC3)CC2)ccc1Nc1nc(NCC2CCC2)c2c(C#N)c[nH]c2n1. The Kier molecular flexibility index (Phi) is 7.99. The first-order chi connectivity index (χ1) is 20.0. The second-order valence-electron chi connectivity index (χ2n) is 10.9. The Labute approximate surface area is 240 Å². The van der Waals surface area contributed by atoms with E-state index in [0.29, 0.717) is 64.8 Å². The number of anilines is 3. The van der Waals surface area contributed by atoms with Gasteiger partial charge in [0, 0.05) is 51.0 Å². The molecule has 0 radical (unpaired) electrons. The topological polar surface area (TPSA) is 148 Å². The van der Waals surface area contributed by atoms with Crippen molar-refractivity contribution in [1.29, 1.82) is 5.26 Å². The Hall–Kier alpha value is -3.44. The molecule has 0 amide bonds. The summed E-state index contributed by atoms with van der Waals surface area (Å²) in [6.07, 6.45) is 6.84. The maximum Gasteiger partial charge on any atom is 0.243 e. The molecule has 1 saturated carbocycles. The van der Waals surface area contributed by atoms with Gasteiger partial charge < -0.3 is 25.1 Å². The molecule has 4 heterocycles. The fourth-order valence-electron chi connectivity index (χ4n) is 5.84. The lowest BCUT2D eigenvalue weighted by atomic mass is 9.85. The minimum absolute atomic E-state index is 0.187. The van der Waals surface area contributed by atoms with E-state index in [1.54, 1.807) is 28.7 Å². The molecule has 12 nitrogen and oxygen atoms in total. The third kappa shape index (κ3) is 5.70. The van der Waals surface area contributed by atoms with Crippen LogP contribution in [0, 0.1) is 17.2 Å². The number of nitriles is 1. The molecule has 1 aromatic carbocycles. The van der Waals surface area contributed by atoms with E-state index in [9.17, 15) is 13.7 Å². The van der Waals surface area contributed by atoms with Crippen molar-refractivity contribution in [2.45, 2.75) is 43.0 Å². The number of piperidine rings is 1. The first kappa shape index (κ1) is 27.7. The Morgan fingerprint density at radius 1 is 1.15 bits per heavy atom. The quantitative estimate of drug-likeness (QED) is 0.344. The molecule has 0 spiro atoms. The van der Waals surface area contributed by atoms with E-state index in [-0.39, 0.29) is 4.90 Å². The number of aromatic amines is 1. The smallest absolute Gasteiger partial charge is 0.243 e. The Morgan fingerprint density at radius 2 is 1.93 bits per heavy atom. The van der Waals surface area contributed by atoms with Crippen LogP contribution < -0.4 is 15.4 Å². The number of benzene rings is 1. The van der Waals surface area contributed by atoms with Gasteiger partial charge in [-0.25, -0.2) is 8.42 Å². The highest BCUT2D eigenvalue weighted by Crippen LogP contribution is 2.34. The maximum absolute atomic E-state index is 13.5. The van der Waals surface area contributed by atoms with Crippen LogP contribution in [0.3, 0.4) is 0 Å². The van der Waals surface area contributed by atoms with Gasteiger partial charge in [-0.1, -0.05) is 6.42 Å². The van der Waals surface area contributed by atoms with Crippen LogP contribution in [-0.4, -0.2) is 91.7 Å². The summed E-state index contributed by atoms with van der Waals surface area (Å²) in [6, 6.07) is 7.40. The van der Waals surface area contributed by atoms with E-state index < -0.39 is 10.0 Å². The number of nitrogens with zero attached hydrogens (tertiary/aromatic N) is 5. The number of rotatable bonds is 9. The normalized spacial score (nSPS) is 19.5. The summed E-state index contributed by atoms with van der Waals surface area (Å²) in [6.45, 7) is 5.03. The van der Waals surface area contributed by atoms with Gasteiger partial charge in [-0.2, -0.15) is 19.5 Å². The number of sulfonamides is 1. The van der Waals surface area contributed by atoms with Gasteiger partial charge in [0.25, 0.3) is 0 Å². The summed E-state index contributed by atoms with van der Waals surface area (Å²) in [5, 5.41) is 16.8. The first-order valence-corrected chi connectivity index (χ1v) is 15.7. The van der Waals surface area contributed by atoms with E-state index in [4.69, 9.17) is 9.47 Å². The minimum Gasteiger partial charge on any atom is -0.495 e. The summed E-state index contributed by atoms with van der Waals surface area (Å²) in [5.41, 5.74) is 1.55. The summed E-state index contributed by atoms with van der Waals surface area (Å²) in [5.74, 6) is 1.85. The van der Waals surface area contributed by atoms with E-state index in [1.165, 1.54) is 26.4 Å². The molecule has 2 aromatic heterocycles. The van der Waals surface area contributed by atoms with Gasteiger partial charge in [0.15, 0.2) is 0 Å². The number of fused-ring (bicyclic) bond motifs is 1. The van der Waals surface area contributed by atoms with Crippen molar-refractivity contribution in [2.24, 2.45) is 5.92 Å². The zero-order valence-corrected chi connectivity index (χ0v) is 24.0. The molecule has 41 heavy (non-hydrogen) atoms. The predicted octanol–water partition coefficient (Wildman–Crippen LogP) is 3.28. The van der Waals surface area contributed by atoms with Gasteiger partial charge in [0.05, 0.1) is 41.9 Å². The van der Waals surface area contributed by atoms with Gasteiger partial charge >= 0.3 is 0 Å². The zero-order chi connectivity index (χ0) is 28.4. The molecular weight excluding hydrogens is 544 g/mol. The summed E-state index contributed by atoms with van der Waals surface area (Å²) < 4.78 is 39.7. The minimum atomic E-state index is -3.68. The lowest BCUT2D eigenvalue weighted by Crippen LogP contribution is -2.50. The van der Waals surface area contributed by atoms with Gasteiger partial charge in [-0.05, 0) is 43.7 Å². The van der Waals surface area contributed by atoms with Crippen LogP contribution in [-0.2, 0) is 14.8 Å². The van der Waals surface area contributed by atoms with Crippen molar-refractivity contribution in [3.63, 3.8) is 0 Å². The lowest BCUT2D eigenvalue weighted by Gasteiger charge is -2.39. The Bertz CT molecular complexity index is 1530. The third-order valence-corrected chi connectivity index (χ3v) is 10.4. The average molecular weight is 581 g/mol. The maximum atomic E-state index is 13.5. The first-order valence-electron chi connectivity index (χ1n) is 14.3. The second kappa shape index (κ2) is 11.8. The standard InChI is InChI=1S/C28H36N8O4S/c1-39-24-15-22(41(37,38)36-9-7-21(8-10-36)35-11-13-40-14-12-35)5-6-23(24)32-28-33-26(30-17-19-3-2-4-19)25-20(16-29)18-31-27(25)34-28/h5-6,15,18-19,21H,2-4,7-14,17H2,1H3,(H3,30,31,32,33,34). The van der Waals surface area contributed by atoms with Crippen LogP contribution in [0.2, 0.25) is 0 Å². The van der Waals surface area contributed by atoms with Gasteiger partial charge in [-0.3, -0.25) is 4.90 Å². The van der Waals surface area contributed by atoms with Crippen LogP contribution in [0.25, 0.3) is 11.0 Å². The molecule has 0 atom stereocenters. The van der Waals surface area contributed by atoms with E-state index in [2.05, 4.69) is 36.6 Å². The number of hydrogen-bond donors (Lipinski definition) is 3. The number of hydrogen-bond acceptors (Lipinski definition) is 10. The molecule has 3 aromatic rings. The Balaban J connectivity index is 1.19. The van der Waals surface area contributed by atoms with E-state index >= 15 is 0 Å². The number of ether oxygens (including phenoxy) is 2. The van der Waals surface area contributed by atoms with Crippen LogP contribution in [0.4, 0.5) is 17.5 Å². The molecule has 6 rings (SSSR count). The highest BCUT2D eigenvalue weighted by atomic mass is 32.2. The molecule has 3 N–H and O–H groups in total. The monoisotopic (exact) mass is 580 g/mol. The summed E-state index contributed by atoms with van der Waals surface area (Å²) in [4.78, 5) is 14.9. The van der Waals surface area contributed by atoms with Crippen molar-refractivity contribution in [3.05, 3.63) is 30.0 Å². The Morgan fingerprint density at radius 3 is 2.61 bits per heavy atom. The fraction of sp³-hybridized carbons (Fsp3) is 0.536. The molecule has 13 heteroatoms. The summed E-state index contributed by atoms with van der Waals surface area (Å²) >= 11 is 0. The summed E-state index contributed by atoms with van der Waals surface area (Å²) in [7, 11) is -2.18. The zero-order valence-electron chi connectivity index (χ0n) is 23.2. The van der Waals surface area contributed by atoms with Crippen molar-refractivity contribution in [2.75, 3.05) is 63.7 Å². The molecule has 2 saturated heterocycles. The number of nitrogens with one attached hydrogen (secondary N) is 3. The third-order valence-electron chi connectivity index (χ3n) is 8.48. The fourth-order valence-corrected chi connectivity index (χ4v) is 7.32. The molecular formula is C28H36N8O4S. The van der Waals surface area contributed by atoms with Gasteiger partial charge in [0.2, 0.25) is 16.0 Å². The van der Waals surface area contributed by atoms with Crippen LogP contribution in [0.15, 0.2) is 29.3 Å². The largest absolute Gasteiger partial charge is 0.495 e. The van der Waals surface area contributed by atoms with Gasteiger partial charge in [0.1, 0.15) is 23.3 Å². The van der Waals surface area contributed by atoms with Crippen molar-refractivity contribution in [3.8, 4) is 11.8 Å². The molecule has 1 aliphatic carbocycles. The predicted molar refractivity (Wildman–Crippen MR) is 155 cm³/mol. The molecule has 3 aliphatic rings. The molecule has 0 bridgehead atoms. The molecule has 0 unspecified atom stereocenters. The molecule has 3 fully saturated rings. The van der Waals surface area contributed by atoms with Crippen LogP contribution >= 0.6 is 0 Å². The van der Waals surface area contributed by atoms with Gasteiger partial charge in [-0.15, -0.1) is 0 Å².